The number of carbonyl (C=O) groups is 2. The lowest BCUT2D eigenvalue weighted by Gasteiger charge is -2.26. The Bertz CT molecular complexity index is 956. The van der Waals surface area contributed by atoms with E-state index in [-0.39, 0.29) is 13.2 Å². The number of hydroxylamine groups is 1. The molecule has 0 saturated heterocycles. The van der Waals surface area contributed by atoms with E-state index in [1.54, 1.807) is 75.0 Å². The number of rotatable bonds is 10. The first-order valence-electron chi connectivity index (χ1n) is 10.4. The number of methoxy groups -OCH3 is 1. The number of benzene rings is 2. The Hall–Kier alpha value is -3.56. The summed E-state index contributed by atoms with van der Waals surface area (Å²) in [5, 5.41) is 20.6. The van der Waals surface area contributed by atoms with Crippen molar-refractivity contribution >= 4 is 17.7 Å². The standard InChI is InChI=1S/C24H30N2O7/c1-15(17(3)23(28)26-30)16(2)22(18-5-9-21(10-6-18)32-14-13-27)33-24(29)25-19-7-11-20(31-4)12-8-19/h5-12,16,22,27,30H,13-14H2,1-4H3,(H,25,29)(H,26,28)/b17-15+/t16-,22-/m1/s1. The molecule has 2 rings (SSSR count). The van der Waals surface area contributed by atoms with E-state index in [2.05, 4.69) is 5.32 Å². The highest BCUT2D eigenvalue weighted by molar-refractivity contribution is 5.92. The highest BCUT2D eigenvalue weighted by Gasteiger charge is 2.27. The van der Waals surface area contributed by atoms with Crippen molar-refractivity contribution in [2.75, 3.05) is 25.6 Å². The number of aliphatic hydroxyl groups is 1. The van der Waals surface area contributed by atoms with Crippen LogP contribution in [0.3, 0.4) is 0 Å². The molecule has 0 heterocycles. The number of hydrogen-bond acceptors (Lipinski definition) is 7. The first kappa shape index (κ1) is 25.7. The van der Waals surface area contributed by atoms with E-state index in [4.69, 9.17) is 24.5 Å². The SMILES string of the molecule is COc1ccc(NC(=O)O[C@@H](c2ccc(OCCO)cc2)[C@H](C)/C(C)=C(\C)C(=O)NO)cc1. The fourth-order valence-electron chi connectivity index (χ4n) is 3.14. The van der Waals surface area contributed by atoms with Crippen molar-refractivity contribution in [3.63, 3.8) is 0 Å². The molecule has 0 unspecified atom stereocenters. The summed E-state index contributed by atoms with van der Waals surface area (Å²) >= 11 is 0. The molecule has 0 aromatic heterocycles. The van der Waals surface area contributed by atoms with E-state index in [0.717, 1.165) is 0 Å². The van der Waals surface area contributed by atoms with Crippen LogP contribution in [-0.2, 0) is 9.53 Å². The first-order chi connectivity index (χ1) is 15.8. The molecule has 2 aromatic carbocycles. The Morgan fingerprint density at radius 3 is 2.15 bits per heavy atom. The van der Waals surface area contributed by atoms with Crippen LogP contribution in [0, 0.1) is 5.92 Å². The molecule has 2 aromatic rings. The zero-order valence-corrected chi connectivity index (χ0v) is 19.1. The van der Waals surface area contributed by atoms with Crippen LogP contribution >= 0.6 is 0 Å². The van der Waals surface area contributed by atoms with Crippen LogP contribution in [0.15, 0.2) is 59.7 Å². The number of anilines is 1. The monoisotopic (exact) mass is 458 g/mol. The van der Waals surface area contributed by atoms with Crippen molar-refractivity contribution in [1.82, 2.24) is 5.48 Å². The Labute approximate surface area is 192 Å². The lowest BCUT2D eigenvalue weighted by molar-refractivity contribution is -0.125. The van der Waals surface area contributed by atoms with E-state index >= 15 is 0 Å². The Kier molecular flexibility index (Phi) is 9.71. The maximum atomic E-state index is 12.7. The summed E-state index contributed by atoms with van der Waals surface area (Å²) in [7, 11) is 1.55. The van der Waals surface area contributed by atoms with Crippen molar-refractivity contribution in [2.24, 2.45) is 5.92 Å². The fraction of sp³-hybridized carbons (Fsp3) is 0.333. The Morgan fingerprint density at radius 2 is 1.61 bits per heavy atom. The van der Waals surface area contributed by atoms with Crippen LogP contribution in [0.2, 0.25) is 0 Å². The van der Waals surface area contributed by atoms with Gasteiger partial charge in [0.25, 0.3) is 5.91 Å². The molecule has 4 N–H and O–H groups in total. The fourth-order valence-corrected chi connectivity index (χ4v) is 3.14. The van der Waals surface area contributed by atoms with Crippen molar-refractivity contribution in [3.05, 3.63) is 65.2 Å². The number of nitrogens with one attached hydrogen (secondary N) is 2. The predicted octanol–water partition coefficient (Wildman–Crippen LogP) is 3.83. The van der Waals surface area contributed by atoms with Gasteiger partial charge in [-0.2, -0.15) is 0 Å². The second-order valence-corrected chi connectivity index (χ2v) is 7.36. The van der Waals surface area contributed by atoms with Crippen LogP contribution in [0.4, 0.5) is 10.5 Å². The van der Waals surface area contributed by atoms with Crippen LogP contribution < -0.4 is 20.3 Å². The maximum absolute atomic E-state index is 12.7. The zero-order valence-electron chi connectivity index (χ0n) is 19.1. The maximum Gasteiger partial charge on any atom is 0.412 e. The summed E-state index contributed by atoms with van der Waals surface area (Å²) in [6.45, 7) is 5.21. The van der Waals surface area contributed by atoms with Gasteiger partial charge in [-0.3, -0.25) is 15.3 Å². The third kappa shape index (κ3) is 7.23. The van der Waals surface area contributed by atoms with E-state index in [0.29, 0.717) is 33.9 Å². The second-order valence-electron chi connectivity index (χ2n) is 7.36. The molecule has 9 heteroatoms. The molecule has 0 bridgehead atoms. The Balaban J connectivity index is 2.28. The molecule has 2 amide bonds. The van der Waals surface area contributed by atoms with Gasteiger partial charge in [0.2, 0.25) is 0 Å². The average molecular weight is 459 g/mol. The lowest BCUT2D eigenvalue weighted by atomic mass is 9.88. The minimum absolute atomic E-state index is 0.105. The summed E-state index contributed by atoms with van der Waals surface area (Å²) < 4.78 is 16.3. The molecule has 0 aliphatic carbocycles. The van der Waals surface area contributed by atoms with Crippen molar-refractivity contribution in [3.8, 4) is 11.5 Å². The zero-order chi connectivity index (χ0) is 24.4. The highest BCUT2D eigenvalue weighted by atomic mass is 16.6. The van der Waals surface area contributed by atoms with Gasteiger partial charge >= 0.3 is 6.09 Å². The van der Waals surface area contributed by atoms with Gasteiger partial charge in [-0.15, -0.1) is 0 Å². The van der Waals surface area contributed by atoms with Crippen molar-refractivity contribution in [1.29, 1.82) is 0 Å². The second kappa shape index (κ2) is 12.5. The predicted molar refractivity (Wildman–Crippen MR) is 122 cm³/mol. The molecule has 9 nitrogen and oxygen atoms in total. The molecular formula is C24H30N2O7. The van der Waals surface area contributed by atoms with E-state index in [1.807, 2.05) is 6.92 Å². The van der Waals surface area contributed by atoms with Gasteiger partial charge in [-0.25, -0.2) is 10.3 Å². The number of carbonyl (C=O) groups excluding carboxylic acids is 2. The summed E-state index contributed by atoms with van der Waals surface area (Å²) in [5.41, 5.74) is 3.80. The number of amides is 2. The van der Waals surface area contributed by atoms with Crippen LogP contribution in [0.1, 0.15) is 32.4 Å². The van der Waals surface area contributed by atoms with E-state index in [9.17, 15) is 9.59 Å². The van der Waals surface area contributed by atoms with Gasteiger partial charge in [0.1, 0.15) is 24.2 Å². The summed E-state index contributed by atoms with van der Waals surface area (Å²) in [6.07, 6.45) is -1.41. The molecular weight excluding hydrogens is 428 g/mol. The molecule has 0 aliphatic heterocycles. The largest absolute Gasteiger partial charge is 0.497 e. The molecule has 0 spiro atoms. The number of aliphatic hydroxyl groups excluding tert-OH is 1. The van der Waals surface area contributed by atoms with Gasteiger partial charge < -0.3 is 19.3 Å². The topological polar surface area (TPSA) is 126 Å². The van der Waals surface area contributed by atoms with E-state index < -0.39 is 24.0 Å². The Morgan fingerprint density at radius 1 is 1.00 bits per heavy atom. The number of hydrogen-bond donors (Lipinski definition) is 4. The molecule has 178 valence electrons. The van der Waals surface area contributed by atoms with Gasteiger partial charge in [-0.1, -0.05) is 24.6 Å². The third-order valence-electron chi connectivity index (χ3n) is 5.31. The minimum Gasteiger partial charge on any atom is -0.497 e. The molecule has 33 heavy (non-hydrogen) atoms. The van der Waals surface area contributed by atoms with Crippen molar-refractivity contribution < 1.29 is 34.1 Å². The smallest absolute Gasteiger partial charge is 0.412 e. The molecule has 0 radical (unpaired) electrons. The number of ether oxygens (including phenoxy) is 3. The highest BCUT2D eigenvalue weighted by Crippen LogP contribution is 2.34. The normalized spacial score (nSPS) is 13.3. The summed E-state index contributed by atoms with van der Waals surface area (Å²) in [6, 6.07) is 13.7. The average Bonchev–Trinajstić information content (AvgIpc) is 2.85. The van der Waals surface area contributed by atoms with Gasteiger partial charge in [0, 0.05) is 17.2 Å². The van der Waals surface area contributed by atoms with Crippen LogP contribution in [-0.4, -0.2) is 42.6 Å². The third-order valence-corrected chi connectivity index (χ3v) is 5.31. The molecule has 2 atom stereocenters. The quantitative estimate of drug-likeness (QED) is 0.242. The summed E-state index contributed by atoms with van der Waals surface area (Å²) in [4.78, 5) is 24.6. The van der Waals surface area contributed by atoms with Crippen LogP contribution in [0.5, 0.6) is 11.5 Å². The van der Waals surface area contributed by atoms with Crippen LogP contribution in [0.25, 0.3) is 0 Å². The molecule has 0 fully saturated rings. The lowest BCUT2D eigenvalue weighted by Crippen LogP contribution is -2.25. The van der Waals surface area contributed by atoms with Gasteiger partial charge in [0.15, 0.2) is 0 Å². The first-order valence-corrected chi connectivity index (χ1v) is 10.4. The van der Waals surface area contributed by atoms with E-state index in [1.165, 1.54) is 0 Å². The summed E-state index contributed by atoms with van der Waals surface area (Å²) in [5.74, 6) is 0.189. The van der Waals surface area contributed by atoms with Crippen molar-refractivity contribution in [2.45, 2.75) is 26.9 Å². The molecule has 0 saturated carbocycles. The minimum atomic E-state index is -0.739. The van der Waals surface area contributed by atoms with Gasteiger partial charge in [0.05, 0.1) is 13.7 Å². The van der Waals surface area contributed by atoms with Gasteiger partial charge in [-0.05, 0) is 55.8 Å². The molecule has 0 aliphatic rings.